The van der Waals surface area contributed by atoms with E-state index in [9.17, 15) is 19.6 Å². The molecule has 0 fully saturated rings. The molecule has 0 saturated heterocycles. The maximum atomic E-state index is 12.2. The van der Waals surface area contributed by atoms with Crippen molar-refractivity contribution in [3.8, 4) is 6.07 Å². The van der Waals surface area contributed by atoms with E-state index in [0.717, 1.165) is 11.8 Å². The summed E-state index contributed by atoms with van der Waals surface area (Å²) in [5, 5.41) is 12.3. The van der Waals surface area contributed by atoms with Crippen molar-refractivity contribution >= 4 is 35.1 Å². The van der Waals surface area contributed by atoms with Gasteiger partial charge in [-0.2, -0.15) is 5.26 Å². The maximum absolute atomic E-state index is 12.2. The molecule has 8 heteroatoms. The first-order valence-corrected chi connectivity index (χ1v) is 8.88. The summed E-state index contributed by atoms with van der Waals surface area (Å²) in [6.07, 6.45) is 0. The van der Waals surface area contributed by atoms with Crippen molar-refractivity contribution < 1.29 is 19.1 Å². The van der Waals surface area contributed by atoms with E-state index < -0.39 is 5.97 Å². The molecule has 0 aliphatic carbocycles. The molecule has 0 aliphatic rings. The number of aromatic nitrogens is 1. The summed E-state index contributed by atoms with van der Waals surface area (Å²) in [5.74, 6) is -0.968. The van der Waals surface area contributed by atoms with Crippen LogP contribution >= 0.6 is 11.8 Å². The van der Waals surface area contributed by atoms with Crippen molar-refractivity contribution in [3.05, 3.63) is 52.7 Å². The minimum atomic E-state index is -0.496. The van der Waals surface area contributed by atoms with Gasteiger partial charge in [0.25, 0.3) is 0 Å². The molecular formula is C19H17N3O4S. The average molecular weight is 383 g/mol. The number of hydrogen-bond donors (Lipinski definition) is 1. The lowest BCUT2D eigenvalue weighted by Gasteiger charge is -2.09. The number of carbonyl (C=O) groups excluding carboxylic acids is 3. The Morgan fingerprint density at radius 1 is 1.30 bits per heavy atom. The fourth-order valence-electron chi connectivity index (χ4n) is 2.30. The van der Waals surface area contributed by atoms with E-state index in [1.807, 2.05) is 6.07 Å². The van der Waals surface area contributed by atoms with Gasteiger partial charge in [-0.05, 0) is 38.1 Å². The Morgan fingerprint density at radius 2 is 2.04 bits per heavy atom. The minimum Gasteiger partial charge on any atom is -0.465 e. The van der Waals surface area contributed by atoms with Crippen LogP contribution in [0.2, 0.25) is 0 Å². The Balaban J connectivity index is 2.08. The molecule has 0 spiro atoms. The average Bonchev–Trinajstić information content (AvgIpc) is 2.65. The molecule has 2 aromatic rings. The molecule has 0 saturated carbocycles. The Kier molecular flexibility index (Phi) is 6.68. The molecule has 0 atom stereocenters. The van der Waals surface area contributed by atoms with Crippen molar-refractivity contribution in [1.82, 2.24) is 4.98 Å². The molecular weight excluding hydrogens is 366 g/mol. The number of nitrogens with zero attached hydrogens (tertiary/aromatic N) is 2. The normalized spacial score (nSPS) is 10.0. The number of nitrogens with one attached hydrogen (secondary N) is 1. The van der Waals surface area contributed by atoms with Gasteiger partial charge in [0.15, 0.2) is 5.78 Å². The molecule has 0 bridgehead atoms. The lowest BCUT2D eigenvalue weighted by molar-refractivity contribution is -0.113. The number of anilines is 1. The van der Waals surface area contributed by atoms with Crippen LogP contribution in [0.25, 0.3) is 0 Å². The number of hydrogen-bond acceptors (Lipinski definition) is 7. The van der Waals surface area contributed by atoms with Gasteiger partial charge >= 0.3 is 5.97 Å². The van der Waals surface area contributed by atoms with Crippen LogP contribution in [0.15, 0.2) is 35.4 Å². The third kappa shape index (κ3) is 5.15. The van der Waals surface area contributed by atoms with Crippen LogP contribution in [0.5, 0.6) is 0 Å². The van der Waals surface area contributed by atoms with Crippen LogP contribution in [0.4, 0.5) is 5.69 Å². The molecule has 27 heavy (non-hydrogen) atoms. The molecule has 0 aliphatic heterocycles. The summed E-state index contributed by atoms with van der Waals surface area (Å²) in [6.45, 7) is 3.09. The van der Waals surface area contributed by atoms with Crippen molar-refractivity contribution in [2.45, 2.75) is 18.9 Å². The van der Waals surface area contributed by atoms with E-state index in [0.29, 0.717) is 27.5 Å². The Bertz CT molecular complexity index is 950. The highest BCUT2D eigenvalue weighted by Crippen LogP contribution is 2.23. The Labute approximate surface area is 160 Å². The first-order chi connectivity index (χ1) is 12.8. The molecule has 7 nitrogen and oxygen atoms in total. The number of thioether (sulfide) groups is 1. The standard InChI is InChI=1S/C19H17N3O4S/c1-11-16(12(2)23)8-14(9-20)18(21-11)27-10-17(24)22-15-6-4-5-13(7-15)19(25)26-3/h4-8H,10H2,1-3H3,(H,22,24). The Hall–Kier alpha value is -3.18. The van der Waals surface area contributed by atoms with Gasteiger partial charge < -0.3 is 10.1 Å². The second-order valence-corrected chi connectivity index (χ2v) is 6.52. The lowest BCUT2D eigenvalue weighted by atomic mass is 10.1. The number of pyridine rings is 1. The van der Waals surface area contributed by atoms with E-state index in [4.69, 9.17) is 0 Å². The zero-order valence-corrected chi connectivity index (χ0v) is 15.8. The molecule has 1 aromatic carbocycles. The van der Waals surface area contributed by atoms with E-state index >= 15 is 0 Å². The predicted molar refractivity (Wildman–Crippen MR) is 101 cm³/mol. The molecule has 138 valence electrons. The third-order valence-corrected chi connectivity index (χ3v) is 4.58. The fourth-order valence-corrected chi connectivity index (χ4v) is 3.10. The number of esters is 1. The van der Waals surface area contributed by atoms with Crippen molar-refractivity contribution in [1.29, 1.82) is 5.26 Å². The minimum absolute atomic E-state index is 0.0169. The van der Waals surface area contributed by atoms with Gasteiger partial charge in [-0.15, -0.1) is 0 Å². The van der Waals surface area contributed by atoms with Gasteiger partial charge in [0.2, 0.25) is 5.91 Å². The SMILES string of the molecule is COC(=O)c1cccc(NC(=O)CSc2nc(C)c(C(C)=O)cc2C#N)c1. The number of ketones is 1. The highest BCUT2D eigenvalue weighted by molar-refractivity contribution is 8.00. The van der Waals surface area contributed by atoms with Gasteiger partial charge in [-0.25, -0.2) is 9.78 Å². The number of Topliss-reactive ketones (excluding diaryl/α,β-unsaturated/α-hetero) is 1. The zero-order chi connectivity index (χ0) is 20.0. The monoisotopic (exact) mass is 383 g/mol. The highest BCUT2D eigenvalue weighted by Gasteiger charge is 2.14. The summed E-state index contributed by atoms with van der Waals surface area (Å²) >= 11 is 1.10. The third-order valence-electron chi connectivity index (χ3n) is 3.59. The maximum Gasteiger partial charge on any atom is 0.337 e. The van der Waals surface area contributed by atoms with Crippen molar-refractivity contribution in [2.24, 2.45) is 0 Å². The lowest BCUT2D eigenvalue weighted by Crippen LogP contribution is -2.15. The van der Waals surface area contributed by atoms with E-state index in [-0.39, 0.29) is 23.0 Å². The molecule has 1 heterocycles. The molecule has 0 unspecified atom stereocenters. The number of benzene rings is 1. The van der Waals surface area contributed by atoms with Crippen LogP contribution in [0.1, 0.15) is 38.9 Å². The molecule has 2 rings (SSSR count). The summed E-state index contributed by atoms with van der Waals surface area (Å²) < 4.78 is 4.65. The predicted octanol–water partition coefficient (Wildman–Crippen LogP) is 2.98. The second-order valence-electron chi connectivity index (χ2n) is 5.55. The van der Waals surface area contributed by atoms with Crippen LogP contribution in [0, 0.1) is 18.3 Å². The number of aryl methyl sites for hydroxylation is 1. The van der Waals surface area contributed by atoms with E-state index in [2.05, 4.69) is 15.0 Å². The largest absolute Gasteiger partial charge is 0.465 e. The quantitative estimate of drug-likeness (QED) is 0.464. The summed E-state index contributed by atoms with van der Waals surface area (Å²) in [7, 11) is 1.28. The zero-order valence-electron chi connectivity index (χ0n) is 15.0. The van der Waals surface area contributed by atoms with Crippen LogP contribution in [0.3, 0.4) is 0 Å². The van der Waals surface area contributed by atoms with Gasteiger partial charge in [0, 0.05) is 16.9 Å². The highest BCUT2D eigenvalue weighted by atomic mass is 32.2. The molecule has 1 amide bonds. The summed E-state index contributed by atoms with van der Waals surface area (Å²) in [4.78, 5) is 39.6. The number of ether oxygens (including phenoxy) is 1. The number of amides is 1. The number of nitriles is 1. The van der Waals surface area contributed by atoms with Crippen LogP contribution < -0.4 is 5.32 Å². The van der Waals surface area contributed by atoms with Crippen LogP contribution in [-0.2, 0) is 9.53 Å². The number of carbonyl (C=O) groups is 3. The summed E-state index contributed by atoms with van der Waals surface area (Å²) in [6, 6.07) is 9.87. The van der Waals surface area contributed by atoms with Gasteiger partial charge in [0.05, 0.1) is 24.0 Å². The summed E-state index contributed by atoms with van der Waals surface area (Å²) in [5.41, 5.74) is 1.93. The molecule has 0 radical (unpaired) electrons. The number of rotatable bonds is 6. The van der Waals surface area contributed by atoms with Gasteiger partial charge in [0.1, 0.15) is 11.1 Å². The second kappa shape index (κ2) is 8.96. The first kappa shape index (κ1) is 20.1. The van der Waals surface area contributed by atoms with Crippen LogP contribution in [-0.4, -0.2) is 35.5 Å². The van der Waals surface area contributed by atoms with Gasteiger partial charge in [-0.1, -0.05) is 17.8 Å². The topological polar surface area (TPSA) is 109 Å². The van der Waals surface area contributed by atoms with Gasteiger partial charge in [-0.3, -0.25) is 9.59 Å². The molecule has 1 aromatic heterocycles. The van der Waals surface area contributed by atoms with E-state index in [1.54, 1.807) is 25.1 Å². The van der Waals surface area contributed by atoms with E-state index in [1.165, 1.54) is 26.2 Å². The Morgan fingerprint density at radius 3 is 2.67 bits per heavy atom. The fraction of sp³-hybridized carbons (Fsp3) is 0.211. The number of methoxy groups -OCH3 is 1. The molecule has 1 N–H and O–H groups in total. The van der Waals surface area contributed by atoms with Crippen molar-refractivity contribution in [3.63, 3.8) is 0 Å². The van der Waals surface area contributed by atoms with Crippen molar-refractivity contribution in [2.75, 3.05) is 18.2 Å². The smallest absolute Gasteiger partial charge is 0.337 e. The first-order valence-electron chi connectivity index (χ1n) is 7.89.